The SMILES string of the molecule is CN(CCOc1cccc(C(N)=S)c1)CC1CCCC1. The second-order valence-electron chi connectivity index (χ2n) is 5.65. The lowest BCUT2D eigenvalue weighted by atomic mass is 10.1. The molecule has 1 fully saturated rings. The van der Waals surface area contributed by atoms with Gasteiger partial charge in [-0.2, -0.15) is 0 Å². The Hall–Kier alpha value is -1.13. The van der Waals surface area contributed by atoms with Crippen molar-refractivity contribution < 1.29 is 4.74 Å². The Bertz CT molecular complexity index is 444. The van der Waals surface area contributed by atoms with Gasteiger partial charge in [-0.1, -0.05) is 37.2 Å². The van der Waals surface area contributed by atoms with Gasteiger partial charge in [0.1, 0.15) is 17.3 Å². The molecule has 0 amide bonds. The molecule has 0 heterocycles. The summed E-state index contributed by atoms with van der Waals surface area (Å²) in [6.07, 6.45) is 5.59. The summed E-state index contributed by atoms with van der Waals surface area (Å²) >= 11 is 4.97. The van der Waals surface area contributed by atoms with Gasteiger partial charge in [0, 0.05) is 18.7 Å². The maximum Gasteiger partial charge on any atom is 0.120 e. The fraction of sp³-hybridized carbons (Fsp3) is 0.562. The molecule has 1 aliphatic carbocycles. The lowest BCUT2D eigenvalue weighted by Crippen LogP contribution is -2.28. The van der Waals surface area contributed by atoms with Crippen LogP contribution in [0.1, 0.15) is 31.2 Å². The topological polar surface area (TPSA) is 38.5 Å². The number of rotatable bonds is 7. The molecule has 2 rings (SSSR count). The average molecular weight is 292 g/mol. The van der Waals surface area contributed by atoms with Crippen molar-refractivity contribution in [2.75, 3.05) is 26.7 Å². The van der Waals surface area contributed by atoms with E-state index in [4.69, 9.17) is 22.7 Å². The molecule has 0 aliphatic heterocycles. The minimum Gasteiger partial charge on any atom is -0.492 e. The number of hydrogen-bond donors (Lipinski definition) is 1. The van der Waals surface area contributed by atoms with Gasteiger partial charge in [0.05, 0.1) is 0 Å². The third kappa shape index (κ3) is 4.76. The first-order valence-corrected chi connectivity index (χ1v) is 7.77. The number of likely N-dealkylation sites (N-methyl/N-ethyl adjacent to an activating group) is 1. The van der Waals surface area contributed by atoms with E-state index in [1.54, 1.807) is 0 Å². The predicted molar refractivity (Wildman–Crippen MR) is 87.3 cm³/mol. The molecule has 0 spiro atoms. The molecule has 110 valence electrons. The maximum absolute atomic E-state index is 5.78. The van der Waals surface area contributed by atoms with E-state index < -0.39 is 0 Å². The average Bonchev–Trinajstić information content (AvgIpc) is 2.92. The van der Waals surface area contributed by atoms with Crippen LogP contribution in [0, 0.1) is 5.92 Å². The van der Waals surface area contributed by atoms with Crippen molar-refractivity contribution in [3.05, 3.63) is 29.8 Å². The summed E-state index contributed by atoms with van der Waals surface area (Å²) in [5.74, 6) is 1.72. The first-order valence-electron chi connectivity index (χ1n) is 7.36. The summed E-state index contributed by atoms with van der Waals surface area (Å²) in [7, 11) is 2.17. The molecule has 0 bridgehead atoms. The Morgan fingerprint density at radius 3 is 2.85 bits per heavy atom. The summed E-state index contributed by atoms with van der Waals surface area (Å²) in [4.78, 5) is 2.78. The van der Waals surface area contributed by atoms with Crippen molar-refractivity contribution >= 4 is 17.2 Å². The van der Waals surface area contributed by atoms with E-state index >= 15 is 0 Å². The van der Waals surface area contributed by atoms with Gasteiger partial charge in [-0.15, -0.1) is 0 Å². The second-order valence-corrected chi connectivity index (χ2v) is 6.09. The quantitative estimate of drug-likeness (QED) is 0.784. The molecule has 0 unspecified atom stereocenters. The van der Waals surface area contributed by atoms with Crippen LogP contribution in [0.3, 0.4) is 0 Å². The van der Waals surface area contributed by atoms with Gasteiger partial charge in [0.2, 0.25) is 0 Å². The number of thiocarbonyl (C=S) groups is 1. The molecule has 1 aromatic carbocycles. The molecule has 0 saturated heterocycles. The molecule has 1 saturated carbocycles. The molecule has 2 N–H and O–H groups in total. The number of ether oxygens (including phenoxy) is 1. The highest BCUT2D eigenvalue weighted by Gasteiger charge is 2.16. The molecule has 0 atom stereocenters. The third-order valence-corrected chi connectivity index (χ3v) is 4.14. The molecule has 4 heteroatoms. The van der Waals surface area contributed by atoms with Gasteiger partial charge in [-0.3, -0.25) is 0 Å². The molecule has 0 radical (unpaired) electrons. The predicted octanol–water partition coefficient (Wildman–Crippen LogP) is 2.82. The first kappa shape index (κ1) is 15.3. The zero-order valence-electron chi connectivity index (χ0n) is 12.2. The van der Waals surface area contributed by atoms with Crippen LogP contribution in [0.4, 0.5) is 0 Å². The van der Waals surface area contributed by atoms with Crippen LogP contribution in [0.5, 0.6) is 5.75 Å². The van der Waals surface area contributed by atoms with Crippen LogP contribution in [-0.4, -0.2) is 36.6 Å². The number of benzene rings is 1. The smallest absolute Gasteiger partial charge is 0.120 e. The standard InChI is InChI=1S/C16H24N2OS/c1-18(12-13-5-2-3-6-13)9-10-19-15-8-4-7-14(11-15)16(17)20/h4,7-8,11,13H,2-3,5-6,9-10,12H2,1H3,(H2,17,20). The van der Waals surface area contributed by atoms with E-state index in [1.807, 2.05) is 24.3 Å². The zero-order valence-corrected chi connectivity index (χ0v) is 13.0. The van der Waals surface area contributed by atoms with Crippen LogP contribution in [0.2, 0.25) is 0 Å². The highest BCUT2D eigenvalue weighted by Crippen LogP contribution is 2.25. The van der Waals surface area contributed by atoms with Crippen LogP contribution < -0.4 is 10.5 Å². The molecule has 20 heavy (non-hydrogen) atoms. The van der Waals surface area contributed by atoms with E-state index in [9.17, 15) is 0 Å². The monoisotopic (exact) mass is 292 g/mol. The highest BCUT2D eigenvalue weighted by atomic mass is 32.1. The van der Waals surface area contributed by atoms with Crippen molar-refractivity contribution in [1.82, 2.24) is 4.90 Å². The number of nitrogens with two attached hydrogens (primary N) is 1. The Labute approximate surface area is 127 Å². The lowest BCUT2D eigenvalue weighted by Gasteiger charge is -2.20. The van der Waals surface area contributed by atoms with E-state index in [0.717, 1.165) is 23.8 Å². The van der Waals surface area contributed by atoms with Crippen LogP contribution >= 0.6 is 12.2 Å². The van der Waals surface area contributed by atoms with Gasteiger partial charge < -0.3 is 15.4 Å². The molecule has 1 aliphatic rings. The molecular formula is C16H24N2OS. The normalized spacial score (nSPS) is 15.7. The fourth-order valence-corrected chi connectivity index (χ4v) is 2.91. The van der Waals surface area contributed by atoms with Crippen molar-refractivity contribution in [2.24, 2.45) is 11.7 Å². The summed E-state index contributed by atoms with van der Waals surface area (Å²) in [6.45, 7) is 2.84. The van der Waals surface area contributed by atoms with Crippen molar-refractivity contribution in [3.8, 4) is 5.75 Å². The van der Waals surface area contributed by atoms with E-state index in [0.29, 0.717) is 11.6 Å². The molecular weight excluding hydrogens is 268 g/mol. The molecule has 1 aromatic rings. The first-order chi connectivity index (χ1) is 9.65. The van der Waals surface area contributed by atoms with Gasteiger partial charge in [-0.25, -0.2) is 0 Å². The van der Waals surface area contributed by atoms with E-state index in [2.05, 4.69) is 11.9 Å². The molecule has 3 nitrogen and oxygen atoms in total. The largest absolute Gasteiger partial charge is 0.492 e. The van der Waals surface area contributed by atoms with Crippen LogP contribution in [0.25, 0.3) is 0 Å². The van der Waals surface area contributed by atoms with Crippen LogP contribution in [-0.2, 0) is 0 Å². The number of nitrogens with zero attached hydrogens (tertiary/aromatic N) is 1. The lowest BCUT2D eigenvalue weighted by molar-refractivity contribution is 0.215. The van der Waals surface area contributed by atoms with Gasteiger partial charge in [0.25, 0.3) is 0 Å². The minimum atomic E-state index is 0.411. The maximum atomic E-state index is 5.78. The van der Waals surface area contributed by atoms with E-state index in [-0.39, 0.29) is 0 Å². The Kier molecular flexibility index (Phi) is 5.80. The Morgan fingerprint density at radius 2 is 2.15 bits per heavy atom. The van der Waals surface area contributed by atoms with Gasteiger partial charge in [-0.05, 0) is 37.9 Å². The third-order valence-electron chi connectivity index (χ3n) is 3.90. The summed E-state index contributed by atoms with van der Waals surface area (Å²) < 4.78 is 5.78. The molecule has 0 aromatic heterocycles. The Balaban J connectivity index is 1.72. The van der Waals surface area contributed by atoms with E-state index in [1.165, 1.54) is 32.2 Å². The van der Waals surface area contributed by atoms with Gasteiger partial charge in [0.15, 0.2) is 0 Å². The second kappa shape index (κ2) is 7.60. The van der Waals surface area contributed by atoms with Gasteiger partial charge >= 0.3 is 0 Å². The minimum absolute atomic E-state index is 0.411. The summed E-state index contributed by atoms with van der Waals surface area (Å²) in [5, 5.41) is 0. The summed E-state index contributed by atoms with van der Waals surface area (Å²) in [5.41, 5.74) is 6.48. The Morgan fingerprint density at radius 1 is 1.40 bits per heavy atom. The van der Waals surface area contributed by atoms with Crippen molar-refractivity contribution in [1.29, 1.82) is 0 Å². The van der Waals surface area contributed by atoms with Crippen LogP contribution in [0.15, 0.2) is 24.3 Å². The zero-order chi connectivity index (χ0) is 14.4. The van der Waals surface area contributed by atoms with Crippen molar-refractivity contribution in [2.45, 2.75) is 25.7 Å². The summed E-state index contributed by atoms with van der Waals surface area (Å²) in [6, 6.07) is 7.67. The highest BCUT2D eigenvalue weighted by molar-refractivity contribution is 7.80. The van der Waals surface area contributed by atoms with Crippen molar-refractivity contribution in [3.63, 3.8) is 0 Å². The fourth-order valence-electron chi connectivity index (χ4n) is 2.78. The number of hydrogen-bond acceptors (Lipinski definition) is 3.